The van der Waals surface area contributed by atoms with Crippen LogP contribution in [0.1, 0.15) is 6.92 Å². The van der Waals surface area contributed by atoms with E-state index < -0.39 is 0 Å². The van der Waals surface area contributed by atoms with Gasteiger partial charge < -0.3 is 0 Å². The standard InChI is InChI=1S/C14H10FN5S/c1-9(6-16)21-14-12-7-19-20(13(12)17-8-18-14)11-4-2-10(15)3-5-11/h2-5,7-9H,1H3. The number of aromatic nitrogens is 4. The summed E-state index contributed by atoms with van der Waals surface area (Å²) in [5.41, 5.74) is 1.35. The highest BCUT2D eigenvalue weighted by molar-refractivity contribution is 8.00. The first-order chi connectivity index (χ1) is 10.2. The van der Waals surface area contributed by atoms with Crippen LogP contribution in [-0.2, 0) is 0 Å². The van der Waals surface area contributed by atoms with Gasteiger partial charge in [0.2, 0.25) is 0 Å². The summed E-state index contributed by atoms with van der Waals surface area (Å²) in [7, 11) is 0. The van der Waals surface area contributed by atoms with E-state index in [9.17, 15) is 4.39 Å². The van der Waals surface area contributed by atoms with Gasteiger partial charge in [-0.2, -0.15) is 10.4 Å². The molecule has 0 saturated heterocycles. The molecule has 0 aliphatic carbocycles. The fraction of sp³-hybridized carbons (Fsp3) is 0.143. The largest absolute Gasteiger partial charge is 0.229 e. The van der Waals surface area contributed by atoms with Crippen molar-refractivity contribution in [2.24, 2.45) is 0 Å². The highest BCUT2D eigenvalue weighted by atomic mass is 32.2. The molecule has 3 aromatic rings. The molecule has 0 radical (unpaired) electrons. The lowest BCUT2D eigenvalue weighted by atomic mass is 10.3. The van der Waals surface area contributed by atoms with Crippen molar-refractivity contribution in [1.29, 1.82) is 5.26 Å². The van der Waals surface area contributed by atoms with Crippen LogP contribution in [0, 0.1) is 17.1 Å². The second-order valence-electron chi connectivity index (χ2n) is 4.34. The highest BCUT2D eigenvalue weighted by Crippen LogP contribution is 2.28. The van der Waals surface area contributed by atoms with Crippen LogP contribution in [0.15, 0.2) is 41.8 Å². The van der Waals surface area contributed by atoms with Gasteiger partial charge in [0.15, 0.2) is 5.65 Å². The average Bonchev–Trinajstić information content (AvgIpc) is 2.93. The number of thioether (sulfide) groups is 1. The summed E-state index contributed by atoms with van der Waals surface area (Å²) in [6, 6.07) is 8.17. The molecule has 1 aromatic carbocycles. The van der Waals surface area contributed by atoms with Crippen LogP contribution in [0.3, 0.4) is 0 Å². The van der Waals surface area contributed by atoms with Gasteiger partial charge >= 0.3 is 0 Å². The molecule has 1 atom stereocenters. The topological polar surface area (TPSA) is 67.4 Å². The first kappa shape index (κ1) is 13.5. The second-order valence-corrected chi connectivity index (χ2v) is 5.67. The van der Waals surface area contributed by atoms with Crippen LogP contribution in [0.4, 0.5) is 4.39 Å². The maximum absolute atomic E-state index is 13.0. The summed E-state index contributed by atoms with van der Waals surface area (Å²) in [5.74, 6) is -0.302. The molecular formula is C14H10FN5S. The Hall–Kier alpha value is -2.46. The third-order valence-corrected chi connectivity index (χ3v) is 3.88. The van der Waals surface area contributed by atoms with Crippen molar-refractivity contribution in [3.63, 3.8) is 0 Å². The van der Waals surface area contributed by atoms with E-state index >= 15 is 0 Å². The van der Waals surface area contributed by atoms with E-state index in [1.807, 2.05) is 6.92 Å². The Kier molecular flexibility index (Phi) is 3.54. The molecule has 0 saturated carbocycles. The van der Waals surface area contributed by atoms with Crippen LogP contribution in [-0.4, -0.2) is 25.0 Å². The van der Waals surface area contributed by atoms with Gasteiger partial charge in [-0.15, -0.1) is 0 Å². The molecule has 0 amide bonds. The first-order valence-corrected chi connectivity index (χ1v) is 7.08. The van der Waals surface area contributed by atoms with Crippen LogP contribution in [0.5, 0.6) is 0 Å². The molecule has 0 fully saturated rings. The maximum Gasteiger partial charge on any atom is 0.167 e. The summed E-state index contributed by atoms with van der Waals surface area (Å²) < 4.78 is 14.6. The second kappa shape index (κ2) is 5.50. The van der Waals surface area contributed by atoms with E-state index in [4.69, 9.17) is 5.26 Å². The monoisotopic (exact) mass is 299 g/mol. The smallest absolute Gasteiger partial charge is 0.167 e. The Labute approximate surface area is 124 Å². The Bertz CT molecular complexity index is 821. The van der Waals surface area contributed by atoms with Gasteiger partial charge in [0, 0.05) is 0 Å². The molecule has 104 valence electrons. The van der Waals surface area contributed by atoms with Gasteiger partial charge in [-0.25, -0.2) is 19.0 Å². The van der Waals surface area contributed by atoms with Crippen molar-refractivity contribution in [1.82, 2.24) is 19.7 Å². The highest BCUT2D eigenvalue weighted by Gasteiger charge is 2.13. The first-order valence-electron chi connectivity index (χ1n) is 6.20. The predicted octanol–water partition coefficient (Wildman–Crippen LogP) is 2.96. The van der Waals surface area contributed by atoms with Crippen LogP contribution in [0.2, 0.25) is 0 Å². The van der Waals surface area contributed by atoms with Gasteiger partial charge in [0.25, 0.3) is 0 Å². The van der Waals surface area contributed by atoms with E-state index in [-0.39, 0.29) is 11.1 Å². The Morgan fingerprint density at radius 3 is 2.76 bits per heavy atom. The van der Waals surface area contributed by atoms with Gasteiger partial charge in [-0.05, 0) is 31.2 Å². The lowest BCUT2D eigenvalue weighted by Crippen LogP contribution is -1.98. The van der Waals surface area contributed by atoms with Gasteiger partial charge in [-0.1, -0.05) is 11.8 Å². The zero-order valence-corrected chi connectivity index (χ0v) is 11.9. The number of hydrogen-bond donors (Lipinski definition) is 0. The molecule has 3 rings (SSSR count). The Balaban J connectivity index is 2.09. The number of nitriles is 1. The lowest BCUT2D eigenvalue weighted by molar-refractivity contribution is 0.627. The fourth-order valence-electron chi connectivity index (χ4n) is 1.88. The molecule has 2 heterocycles. The van der Waals surface area contributed by atoms with Crippen molar-refractivity contribution < 1.29 is 4.39 Å². The third kappa shape index (κ3) is 2.58. The molecule has 2 aromatic heterocycles. The zero-order valence-electron chi connectivity index (χ0n) is 11.1. The summed E-state index contributed by atoms with van der Waals surface area (Å²) in [5, 5.41) is 14.5. The van der Waals surface area contributed by atoms with Gasteiger partial charge in [0.05, 0.1) is 28.6 Å². The molecule has 0 bridgehead atoms. The third-order valence-electron chi connectivity index (χ3n) is 2.87. The quantitative estimate of drug-likeness (QED) is 0.549. The van der Waals surface area contributed by atoms with E-state index in [0.717, 1.165) is 11.1 Å². The molecular weight excluding hydrogens is 289 g/mol. The van der Waals surface area contributed by atoms with E-state index in [1.165, 1.54) is 30.2 Å². The summed E-state index contributed by atoms with van der Waals surface area (Å²) in [6.07, 6.45) is 3.10. The number of rotatable bonds is 3. The van der Waals surface area contributed by atoms with Crippen LogP contribution >= 0.6 is 11.8 Å². The zero-order chi connectivity index (χ0) is 14.8. The van der Waals surface area contributed by atoms with E-state index in [2.05, 4.69) is 21.1 Å². The van der Waals surface area contributed by atoms with Gasteiger partial charge in [-0.3, -0.25) is 0 Å². The van der Waals surface area contributed by atoms with Crippen molar-refractivity contribution in [3.05, 3.63) is 42.6 Å². The molecule has 0 aliphatic heterocycles. The van der Waals surface area contributed by atoms with Crippen molar-refractivity contribution in [2.75, 3.05) is 0 Å². The minimum absolute atomic E-state index is 0.211. The SMILES string of the molecule is CC(C#N)Sc1ncnc2c1cnn2-c1ccc(F)cc1. The number of fused-ring (bicyclic) bond motifs is 1. The maximum atomic E-state index is 13.0. The minimum atomic E-state index is -0.302. The number of halogens is 1. The molecule has 7 heteroatoms. The number of hydrogen-bond acceptors (Lipinski definition) is 5. The average molecular weight is 299 g/mol. The van der Waals surface area contributed by atoms with Crippen LogP contribution in [0.25, 0.3) is 16.7 Å². The van der Waals surface area contributed by atoms with Crippen molar-refractivity contribution in [3.8, 4) is 11.8 Å². The number of nitrogens with zero attached hydrogens (tertiary/aromatic N) is 5. The normalized spacial score (nSPS) is 12.2. The van der Waals surface area contributed by atoms with Crippen LogP contribution < -0.4 is 0 Å². The molecule has 1 unspecified atom stereocenters. The molecule has 0 aliphatic rings. The summed E-state index contributed by atoms with van der Waals surface area (Å²) in [4.78, 5) is 8.44. The Morgan fingerprint density at radius 1 is 1.29 bits per heavy atom. The fourth-order valence-corrected chi connectivity index (χ4v) is 2.65. The molecule has 5 nitrogen and oxygen atoms in total. The minimum Gasteiger partial charge on any atom is -0.229 e. The summed E-state index contributed by atoms with van der Waals surface area (Å²) >= 11 is 1.36. The summed E-state index contributed by atoms with van der Waals surface area (Å²) in [6.45, 7) is 1.81. The molecule has 0 N–H and O–H groups in total. The number of benzene rings is 1. The van der Waals surface area contributed by atoms with E-state index in [0.29, 0.717) is 10.7 Å². The molecule has 0 spiro atoms. The van der Waals surface area contributed by atoms with Gasteiger partial charge in [0.1, 0.15) is 17.2 Å². The lowest BCUT2D eigenvalue weighted by Gasteiger charge is -2.04. The van der Waals surface area contributed by atoms with E-state index in [1.54, 1.807) is 23.0 Å². The Morgan fingerprint density at radius 2 is 2.05 bits per heavy atom. The molecule has 21 heavy (non-hydrogen) atoms. The predicted molar refractivity (Wildman–Crippen MR) is 77.6 cm³/mol. The van der Waals surface area contributed by atoms with Crippen molar-refractivity contribution in [2.45, 2.75) is 17.2 Å². The van der Waals surface area contributed by atoms with Crippen molar-refractivity contribution >= 4 is 22.8 Å².